The first-order valence-corrected chi connectivity index (χ1v) is 9.27. The van der Waals surface area contributed by atoms with E-state index in [0.29, 0.717) is 17.1 Å². The predicted molar refractivity (Wildman–Crippen MR) is 93.3 cm³/mol. The van der Waals surface area contributed by atoms with Gasteiger partial charge in [0.15, 0.2) is 0 Å². The molecule has 6 heteroatoms. The highest BCUT2D eigenvalue weighted by molar-refractivity contribution is 7.98. The summed E-state index contributed by atoms with van der Waals surface area (Å²) in [7, 11) is 0. The fraction of sp³-hybridized carbons (Fsp3) is 0.467. The minimum Gasteiger partial charge on any atom is -0.397 e. The van der Waals surface area contributed by atoms with Crippen molar-refractivity contribution in [1.82, 2.24) is 10.3 Å². The molecule has 0 unspecified atom stereocenters. The normalized spacial score (nSPS) is 11.0. The first-order valence-electron chi connectivity index (χ1n) is 7.06. The lowest BCUT2D eigenvalue weighted by molar-refractivity contribution is 0.0958. The van der Waals surface area contributed by atoms with Gasteiger partial charge in [0.1, 0.15) is 9.71 Å². The predicted octanol–water partition coefficient (Wildman–Crippen LogP) is 3.45. The molecule has 0 atom stereocenters. The molecule has 1 amide bonds. The number of nitrogens with one attached hydrogen (secondary N) is 1. The number of amides is 1. The third kappa shape index (κ3) is 3.89. The van der Waals surface area contributed by atoms with Gasteiger partial charge in [0.05, 0.1) is 5.69 Å². The first-order chi connectivity index (χ1) is 10.1. The summed E-state index contributed by atoms with van der Waals surface area (Å²) >= 11 is 3.23. The number of hydrogen-bond donors (Lipinski definition) is 2. The lowest BCUT2D eigenvalue weighted by Gasteiger charge is -2.04. The van der Waals surface area contributed by atoms with Crippen molar-refractivity contribution < 1.29 is 4.79 Å². The Kier molecular flexibility index (Phi) is 5.87. The van der Waals surface area contributed by atoms with Crippen molar-refractivity contribution in [3.05, 3.63) is 22.7 Å². The van der Waals surface area contributed by atoms with Gasteiger partial charge in [-0.3, -0.25) is 4.79 Å². The Hall–Kier alpha value is -1.27. The molecule has 0 radical (unpaired) electrons. The molecule has 0 bridgehead atoms. The topological polar surface area (TPSA) is 68.0 Å². The molecule has 21 heavy (non-hydrogen) atoms. The average Bonchev–Trinajstić information content (AvgIpc) is 2.81. The number of rotatable bonds is 7. The van der Waals surface area contributed by atoms with Gasteiger partial charge in [0.25, 0.3) is 5.91 Å². The molecule has 0 spiro atoms. The smallest absolute Gasteiger partial charge is 0.263 e. The number of nitrogens with zero attached hydrogens (tertiary/aromatic N) is 1. The van der Waals surface area contributed by atoms with Crippen molar-refractivity contribution in [2.75, 3.05) is 24.3 Å². The number of thioether (sulfide) groups is 1. The van der Waals surface area contributed by atoms with Crippen LogP contribution in [0.3, 0.4) is 0 Å². The van der Waals surface area contributed by atoms with Gasteiger partial charge in [-0.05, 0) is 43.4 Å². The van der Waals surface area contributed by atoms with Crippen LogP contribution in [0, 0.1) is 6.92 Å². The quantitative estimate of drug-likeness (QED) is 0.766. The Labute approximate surface area is 133 Å². The molecule has 2 heterocycles. The van der Waals surface area contributed by atoms with Crippen molar-refractivity contribution in [3.63, 3.8) is 0 Å². The summed E-state index contributed by atoms with van der Waals surface area (Å²) in [5, 5.41) is 3.86. The maximum Gasteiger partial charge on any atom is 0.263 e. The summed E-state index contributed by atoms with van der Waals surface area (Å²) in [5.41, 5.74) is 7.73. The standard InChI is InChI=1S/C15H21N3OS2/c1-10-6-8-18-15-11(10)12(16)13(21-15)14(19)17-7-4-3-5-9-20-2/h6,8H,3-5,7,9,16H2,1-2H3,(H,17,19). The average molecular weight is 323 g/mol. The van der Waals surface area contributed by atoms with Crippen LogP contribution in [0.15, 0.2) is 12.3 Å². The summed E-state index contributed by atoms with van der Waals surface area (Å²) in [6.07, 6.45) is 7.21. The fourth-order valence-corrected chi connectivity index (χ4v) is 3.75. The first kappa shape index (κ1) is 16.1. The minimum absolute atomic E-state index is 0.0835. The number of aryl methyl sites for hydroxylation is 1. The molecule has 0 saturated heterocycles. The number of anilines is 1. The van der Waals surface area contributed by atoms with Gasteiger partial charge in [0, 0.05) is 18.1 Å². The van der Waals surface area contributed by atoms with Gasteiger partial charge in [0.2, 0.25) is 0 Å². The van der Waals surface area contributed by atoms with E-state index in [1.165, 1.54) is 23.5 Å². The number of carbonyl (C=O) groups excluding carboxylic acids is 1. The molecule has 2 rings (SSSR count). The number of aromatic nitrogens is 1. The summed E-state index contributed by atoms with van der Waals surface area (Å²) < 4.78 is 0. The highest BCUT2D eigenvalue weighted by Crippen LogP contribution is 2.34. The van der Waals surface area contributed by atoms with E-state index >= 15 is 0 Å². The van der Waals surface area contributed by atoms with E-state index < -0.39 is 0 Å². The molecule has 0 aliphatic heterocycles. The number of pyridine rings is 1. The number of fused-ring (bicyclic) bond motifs is 1. The van der Waals surface area contributed by atoms with Crippen LogP contribution in [0.5, 0.6) is 0 Å². The number of unbranched alkanes of at least 4 members (excludes halogenated alkanes) is 2. The summed E-state index contributed by atoms with van der Waals surface area (Å²) in [6, 6.07) is 1.92. The van der Waals surface area contributed by atoms with Crippen LogP contribution in [0.25, 0.3) is 10.2 Å². The second-order valence-corrected chi connectivity index (χ2v) is 6.95. The van der Waals surface area contributed by atoms with E-state index in [1.54, 1.807) is 6.20 Å². The molecule has 3 N–H and O–H groups in total. The van der Waals surface area contributed by atoms with E-state index in [1.807, 2.05) is 24.8 Å². The van der Waals surface area contributed by atoms with Gasteiger partial charge in [-0.1, -0.05) is 6.42 Å². The number of thiophene rings is 1. The highest BCUT2D eigenvalue weighted by Gasteiger charge is 2.17. The van der Waals surface area contributed by atoms with Crippen LogP contribution in [0.1, 0.15) is 34.5 Å². The van der Waals surface area contributed by atoms with E-state index in [-0.39, 0.29) is 5.91 Å². The second kappa shape index (κ2) is 7.66. The Morgan fingerprint density at radius 2 is 2.24 bits per heavy atom. The van der Waals surface area contributed by atoms with Crippen molar-refractivity contribution in [2.45, 2.75) is 26.2 Å². The molecular formula is C15H21N3OS2. The van der Waals surface area contributed by atoms with E-state index in [0.717, 1.165) is 28.6 Å². The van der Waals surface area contributed by atoms with Crippen molar-refractivity contribution >= 4 is 44.9 Å². The van der Waals surface area contributed by atoms with E-state index in [4.69, 9.17) is 5.73 Å². The van der Waals surface area contributed by atoms with Crippen LogP contribution in [0.4, 0.5) is 5.69 Å². The lowest BCUT2D eigenvalue weighted by atomic mass is 10.1. The zero-order valence-electron chi connectivity index (χ0n) is 12.4. The molecule has 2 aromatic heterocycles. The van der Waals surface area contributed by atoms with Crippen LogP contribution in [-0.4, -0.2) is 29.4 Å². The van der Waals surface area contributed by atoms with Crippen LogP contribution in [-0.2, 0) is 0 Å². The summed E-state index contributed by atoms with van der Waals surface area (Å²) in [5.74, 6) is 1.10. The van der Waals surface area contributed by atoms with Crippen LogP contribution in [0.2, 0.25) is 0 Å². The number of nitrogens with two attached hydrogens (primary N) is 1. The third-order valence-electron chi connectivity index (χ3n) is 3.35. The molecule has 0 aromatic carbocycles. The second-order valence-electron chi connectivity index (χ2n) is 4.96. The Morgan fingerprint density at radius 1 is 1.43 bits per heavy atom. The Morgan fingerprint density at radius 3 is 2.95 bits per heavy atom. The Balaban J connectivity index is 1.97. The largest absolute Gasteiger partial charge is 0.397 e. The van der Waals surface area contributed by atoms with Gasteiger partial charge in [-0.2, -0.15) is 11.8 Å². The van der Waals surface area contributed by atoms with Crippen molar-refractivity contribution in [2.24, 2.45) is 0 Å². The monoisotopic (exact) mass is 323 g/mol. The zero-order chi connectivity index (χ0) is 15.2. The molecule has 0 aliphatic rings. The molecule has 0 saturated carbocycles. The number of nitrogen functional groups attached to an aromatic ring is 1. The van der Waals surface area contributed by atoms with Gasteiger partial charge >= 0.3 is 0 Å². The maximum absolute atomic E-state index is 12.2. The number of carbonyl (C=O) groups is 1. The molecule has 2 aromatic rings. The molecule has 114 valence electrons. The maximum atomic E-state index is 12.2. The van der Waals surface area contributed by atoms with Crippen LogP contribution < -0.4 is 11.1 Å². The third-order valence-corrected chi connectivity index (χ3v) is 5.16. The SMILES string of the molecule is CSCCCCCNC(=O)c1sc2nccc(C)c2c1N. The van der Waals surface area contributed by atoms with E-state index in [2.05, 4.69) is 16.6 Å². The summed E-state index contributed by atoms with van der Waals surface area (Å²) in [4.78, 5) is 17.9. The van der Waals surface area contributed by atoms with Crippen molar-refractivity contribution in [3.8, 4) is 0 Å². The van der Waals surface area contributed by atoms with Gasteiger partial charge in [-0.25, -0.2) is 4.98 Å². The highest BCUT2D eigenvalue weighted by atomic mass is 32.2. The van der Waals surface area contributed by atoms with E-state index in [9.17, 15) is 4.79 Å². The number of hydrogen-bond acceptors (Lipinski definition) is 5. The zero-order valence-corrected chi connectivity index (χ0v) is 14.1. The van der Waals surface area contributed by atoms with Crippen LogP contribution >= 0.6 is 23.1 Å². The lowest BCUT2D eigenvalue weighted by Crippen LogP contribution is -2.24. The van der Waals surface area contributed by atoms with Gasteiger partial charge < -0.3 is 11.1 Å². The molecule has 4 nitrogen and oxygen atoms in total. The molecule has 0 fully saturated rings. The summed E-state index contributed by atoms with van der Waals surface area (Å²) in [6.45, 7) is 2.69. The van der Waals surface area contributed by atoms with Gasteiger partial charge in [-0.15, -0.1) is 11.3 Å². The molecular weight excluding hydrogens is 302 g/mol. The van der Waals surface area contributed by atoms with Crippen molar-refractivity contribution in [1.29, 1.82) is 0 Å². The minimum atomic E-state index is -0.0835. The Bertz CT molecular complexity index is 625. The molecule has 0 aliphatic carbocycles. The fourth-order valence-electron chi connectivity index (χ4n) is 2.20.